The van der Waals surface area contributed by atoms with Crippen LogP contribution in [0.2, 0.25) is 0 Å². The highest BCUT2D eigenvalue weighted by molar-refractivity contribution is 5.86. The van der Waals surface area contributed by atoms with Crippen molar-refractivity contribution in [2.45, 2.75) is 27.2 Å². The Morgan fingerprint density at radius 2 is 1.77 bits per heavy atom. The Morgan fingerprint density at radius 1 is 1.09 bits per heavy atom. The molecule has 0 aliphatic rings. The van der Waals surface area contributed by atoms with Gasteiger partial charge in [-0.05, 0) is 38.5 Å². The highest BCUT2D eigenvalue weighted by Crippen LogP contribution is 2.41. The molecule has 0 bridgehead atoms. The number of aryl methyl sites for hydroxylation is 3. The van der Waals surface area contributed by atoms with Crippen molar-refractivity contribution in [3.63, 3.8) is 0 Å². The highest BCUT2D eigenvalue weighted by atomic mass is 19.1. The molecule has 6 heteroatoms. The number of phenolic OH excluding ortho intramolecular Hbond substituents is 1. The first-order chi connectivity index (χ1) is 10.5. The second-order valence-corrected chi connectivity index (χ2v) is 5.04. The minimum Gasteiger partial charge on any atom is -0.507 e. The number of aromatic hydroxyl groups is 1. The summed E-state index contributed by atoms with van der Waals surface area (Å²) < 4.78 is 24.1. The maximum Gasteiger partial charge on any atom is 0.143 e. The third-order valence-corrected chi connectivity index (χ3v) is 3.60. The van der Waals surface area contributed by atoms with Crippen LogP contribution in [0.4, 0.5) is 4.39 Å². The Balaban J connectivity index is 2.29. The van der Waals surface area contributed by atoms with Crippen LogP contribution in [0.5, 0.6) is 5.75 Å². The first kappa shape index (κ1) is 14.3. The Bertz CT molecular complexity index is 836. The molecule has 0 atom stereocenters. The summed E-state index contributed by atoms with van der Waals surface area (Å²) in [4.78, 5) is 0. The van der Waals surface area contributed by atoms with E-state index in [1.165, 1.54) is 18.2 Å². The molecule has 2 aromatic heterocycles. The lowest BCUT2D eigenvalue weighted by Crippen LogP contribution is -1.90. The number of rotatable bonds is 3. The van der Waals surface area contributed by atoms with E-state index in [2.05, 4.69) is 10.3 Å². The third kappa shape index (κ3) is 2.16. The Morgan fingerprint density at radius 3 is 2.50 bits per heavy atom. The summed E-state index contributed by atoms with van der Waals surface area (Å²) in [5.41, 5.74) is 2.82. The van der Waals surface area contributed by atoms with E-state index >= 15 is 0 Å². The first-order valence-corrected chi connectivity index (χ1v) is 6.93. The zero-order valence-corrected chi connectivity index (χ0v) is 12.5. The van der Waals surface area contributed by atoms with Crippen LogP contribution < -0.4 is 0 Å². The second kappa shape index (κ2) is 5.29. The van der Waals surface area contributed by atoms with E-state index in [-0.39, 0.29) is 5.75 Å². The van der Waals surface area contributed by atoms with Crippen LogP contribution in [-0.2, 0) is 6.42 Å². The molecule has 1 N–H and O–H groups in total. The molecule has 2 heterocycles. The smallest absolute Gasteiger partial charge is 0.143 e. The third-order valence-electron chi connectivity index (χ3n) is 3.60. The summed E-state index contributed by atoms with van der Waals surface area (Å²) in [6, 6.07) is 3.76. The van der Waals surface area contributed by atoms with Crippen molar-refractivity contribution >= 4 is 0 Å². The van der Waals surface area contributed by atoms with Crippen LogP contribution in [0.15, 0.2) is 27.2 Å². The van der Waals surface area contributed by atoms with Crippen molar-refractivity contribution < 1.29 is 18.5 Å². The van der Waals surface area contributed by atoms with Gasteiger partial charge in [-0.1, -0.05) is 17.2 Å². The summed E-state index contributed by atoms with van der Waals surface area (Å²) in [7, 11) is 0. The Labute approximate surface area is 126 Å². The van der Waals surface area contributed by atoms with E-state index in [4.69, 9.17) is 9.05 Å². The van der Waals surface area contributed by atoms with Gasteiger partial charge in [0.1, 0.15) is 28.8 Å². The van der Waals surface area contributed by atoms with E-state index in [0.717, 1.165) is 11.3 Å². The number of hydrogen-bond donors (Lipinski definition) is 1. The van der Waals surface area contributed by atoms with Crippen molar-refractivity contribution in [1.29, 1.82) is 0 Å². The maximum atomic E-state index is 13.6. The molecule has 0 aliphatic heterocycles. The standard InChI is InChI=1S/C16H15FN2O3/c1-4-12-15(9(3)21-18-12)16-14(8(2)22-19-16)11-7-10(17)5-6-13(11)20/h5-7,20H,4H2,1-3H3. The fourth-order valence-electron chi connectivity index (χ4n) is 2.53. The van der Waals surface area contributed by atoms with Crippen molar-refractivity contribution in [2.75, 3.05) is 0 Å². The predicted octanol–water partition coefficient (Wildman–Crippen LogP) is 4.02. The van der Waals surface area contributed by atoms with E-state index in [0.29, 0.717) is 34.8 Å². The molecule has 114 valence electrons. The van der Waals surface area contributed by atoms with Crippen LogP contribution in [0.3, 0.4) is 0 Å². The zero-order valence-electron chi connectivity index (χ0n) is 12.5. The average Bonchev–Trinajstić information content (AvgIpc) is 3.04. The lowest BCUT2D eigenvalue weighted by molar-refractivity contribution is 0.390. The maximum absolute atomic E-state index is 13.6. The molecule has 22 heavy (non-hydrogen) atoms. The lowest BCUT2D eigenvalue weighted by atomic mass is 9.97. The molecular formula is C16H15FN2O3. The summed E-state index contributed by atoms with van der Waals surface area (Å²) in [6.45, 7) is 5.44. The molecular weight excluding hydrogens is 287 g/mol. The van der Waals surface area contributed by atoms with Crippen molar-refractivity contribution in [1.82, 2.24) is 10.3 Å². The predicted molar refractivity (Wildman–Crippen MR) is 77.9 cm³/mol. The SMILES string of the molecule is CCc1noc(C)c1-c1noc(C)c1-c1cc(F)ccc1O. The fraction of sp³-hybridized carbons (Fsp3) is 0.250. The lowest BCUT2D eigenvalue weighted by Gasteiger charge is -2.06. The fourth-order valence-corrected chi connectivity index (χ4v) is 2.53. The molecule has 3 rings (SSSR count). The van der Waals surface area contributed by atoms with Gasteiger partial charge in [0.05, 0.1) is 16.8 Å². The van der Waals surface area contributed by atoms with Gasteiger partial charge in [-0.25, -0.2) is 4.39 Å². The molecule has 0 fully saturated rings. The van der Waals surface area contributed by atoms with Gasteiger partial charge in [0.15, 0.2) is 0 Å². The topological polar surface area (TPSA) is 72.3 Å². The molecule has 0 saturated heterocycles. The molecule has 0 amide bonds. The number of halogens is 1. The Hall–Kier alpha value is -2.63. The number of hydrogen-bond acceptors (Lipinski definition) is 5. The first-order valence-electron chi connectivity index (χ1n) is 6.93. The number of nitrogens with zero attached hydrogens (tertiary/aromatic N) is 2. The molecule has 0 spiro atoms. The normalized spacial score (nSPS) is 11.1. The molecule has 0 unspecified atom stereocenters. The number of aromatic nitrogens is 2. The van der Waals surface area contributed by atoms with Crippen LogP contribution in [0, 0.1) is 19.7 Å². The summed E-state index contributed by atoms with van der Waals surface area (Å²) in [5.74, 6) is 0.596. The zero-order chi connectivity index (χ0) is 15.9. The summed E-state index contributed by atoms with van der Waals surface area (Å²) >= 11 is 0. The van der Waals surface area contributed by atoms with E-state index in [1.54, 1.807) is 13.8 Å². The van der Waals surface area contributed by atoms with Gasteiger partial charge in [0.2, 0.25) is 0 Å². The van der Waals surface area contributed by atoms with E-state index in [1.807, 2.05) is 6.92 Å². The van der Waals surface area contributed by atoms with Crippen LogP contribution in [-0.4, -0.2) is 15.4 Å². The molecule has 0 radical (unpaired) electrons. The largest absolute Gasteiger partial charge is 0.507 e. The molecule has 0 saturated carbocycles. The average molecular weight is 302 g/mol. The molecule has 1 aromatic carbocycles. The van der Waals surface area contributed by atoms with Crippen LogP contribution in [0.1, 0.15) is 24.1 Å². The Kier molecular flexibility index (Phi) is 3.44. The monoisotopic (exact) mass is 302 g/mol. The van der Waals surface area contributed by atoms with Crippen LogP contribution in [0.25, 0.3) is 22.4 Å². The number of phenols is 1. The molecule has 3 aromatic rings. The van der Waals surface area contributed by atoms with Crippen molar-refractivity contribution in [3.8, 4) is 28.1 Å². The quantitative estimate of drug-likeness (QED) is 0.791. The van der Waals surface area contributed by atoms with Gasteiger partial charge in [-0.15, -0.1) is 0 Å². The van der Waals surface area contributed by atoms with E-state index in [9.17, 15) is 9.50 Å². The molecule has 5 nitrogen and oxygen atoms in total. The van der Waals surface area contributed by atoms with Gasteiger partial charge in [-0.2, -0.15) is 0 Å². The van der Waals surface area contributed by atoms with Gasteiger partial charge in [-0.3, -0.25) is 0 Å². The second-order valence-electron chi connectivity index (χ2n) is 5.04. The summed E-state index contributed by atoms with van der Waals surface area (Å²) in [5, 5.41) is 18.1. The minimum atomic E-state index is -0.447. The van der Waals surface area contributed by atoms with Gasteiger partial charge >= 0.3 is 0 Å². The van der Waals surface area contributed by atoms with Gasteiger partial charge in [0, 0.05) is 5.56 Å². The van der Waals surface area contributed by atoms with Crippen molar-refractivity contribution in [2.24, 2.45) is 0 Å². The van der Waals surface area contributed by atoms with Crippen LogP contribution >= 0.6 is 0 Å². The minimum absolute atomic E-state index is 0.0406. The highest BCUT2D eigenvalue weighted by Gasteiger charge is 2.25. The summed E-state index contributed by atoms with van der Waals surface area (Å²) in [6.07, 6.45) is 0.660. The van der Waals surface area contributed by atoms with Crippen molar-refractivity contribution in [3.05, 3.63) is 41.2 Å². The van der Waals surface area contributed by atoms with Gasteiger partial charge < -0.3 is 14.2 Å². The van der Waals surface area contributed by atoms with Gasteiger partial charge in [0.25, 0.3) is 0 Å². The number of benzene rings is 1. The van der Waals surface area contributed by atoms with E-state index < -0.39 is 5.82 Å². The molecule has 0 aliphatic carbocycles.